The molecule has 1 N–H and O–H groups in total. The quantitative estimate of drug-likeness (QED) is 0.644. The van der Waals surface area contributed by atoms with Crippen LogP contribution in [-0.4, -0.2) is 57.8 Å². The van der Waals surface area contributed by atoms with Gasteiger partial charge in [-0.3, -0.25) is 9.59 Å². The Morgan fingerprint density at radius 2 is 1.91 bits per heavy atom. The van der Waals surface area contributed by atoms with Gasteiger partial charge >= 0.3 is 0 Å². The zero-order chi connectivity index (χ0) is 22.5. The van der Waals surface area contributed by atoms with Gasteiger partial charge in [-0.15, -0.1) is 0 Å². The van der Waals surface area contributed by atoms with Crippen LogP contribution in [0.15, 0.2) is 60.9 Å². The zero-order valence-corrected chi connectivity index (χ0v) is 18.8. The Morgan fingerprint density at radius 1 is 1.12 bits per heavy atom. The van der Waals surface area contributed by atoms with Crippen LogP contribution in [0.1, 0.15) is 35.1 Å². The fourth-order valence-corrected chi connectivity index (χ4v) is 4.38. The highest BCUT2D eigenvalue weighted by Crippen LogP contribution is 2.28. The van der Waals surface area contributed by atoms with Gasteiger partial charge in [-0.2, -0.15) is 0 Å². The van der Waals surface area contributed by atoms with Crippen molar-refractivity contribution in [2.75, 3.05) is 26.2 Å². The van der Waals surface area contributed by atoms with Crippen molar-refractivity contribution in [1.29, 1.82) is 0 Å². The summed E-state index contributed by atoms with van der Waals surface area (Å²) in [5.41, 5.74) is 4.61. The van der Waals surface area contributed by atoms with Crippen LogP contribution < -0.4 is 0 Å². The van der Waals surface area contributed by atoms with Crippen LogP contribution >= 0.6 is 0 Å². The fraction of sp³-hybridized carbons (Fsp3) is 0.346. The Labute approximate surface area is 189 Å². The fourth-order valence-electron chi connectivity index (χ4n) is 4.38. The number of imidazole rings is 1. The van der Waals surface area contributed by atoms with E-state index in [0.29, 0.717) is 38.4 Å². The summed E-state index contributed by atoms with van der Waals surface area (Å²) in [5.74, 6) is -0.00645. The van der Waals surface area contributed by atoms with Crippen molar-refractivity contribution < 1.29 is 9.59 Å². The van der Waals surface area contributed by atoms with E-state index in [4.69, 9.17) is 0 Å². The second-order valence-corrected chi connectivity index (χ2v) is 8.44. The smallest absolute Gasteiger partial charge is 0.289 e. The molecule has 2 heterocycles. The molecule has 0 unspecified atom stereocenters. The van der Waals surface area contributed by atoms with Crippen LogP contribution in [-0.2, 0) is 11.2 Å². The summed E-state index contributed by atoms with van der Waals surface area (Å²) in [6.45, 7) is 6.31. The minimum absolute atomic E-state index is 0.125. The number of aromatic nitrogens is 2. The molecule has 3 aromatic rings. The molecule has 4 rings (SSSR count). The summed E-state index contributed by atoms with van der Waals surface area (Å²) in [6, 6.07) is 16.7. The van der Waals surface area contributed by atoms with Gasteiger partial charge in [0.1, 0.15) is 0 Å². The minimum Gasteiger partial charge on any atom is -0.341 e. The summed E-state index contributed by atoms with van der Waals surface area (Å²) in [5, 5.41) is 0. The third kappa shape index (κ3) is 4.74. The van der Waals surface area contributed by atoms with Crippen LogP contribution in [0.25, 0.3) is 11.1 Å². The number of hydrogen-bond donors (Lipinski definition) is 1. The largest absolute Gasteiger partial charge is 0.341 e. The van der Waals surface area contributed by atoms with E-state index >= 15 is 0 Å². The maximum Gasteiger partial charge on any atom is 0.289 e. The third-order valence-electron chi connectivity index (χ3n) is 6.07. The molecule has 1 atom stereocenters. The molecule has 1 aliphatic rings. The van der Waals surface area contributed by atoms with Gasteiger partial charge in [0.25, 0.3) is 5.91 Å². The van der Waals surface area contributed by atoms with Crippen LogP contribution in [0, 0.1) is 12.8 Å². The van der Waals surface area contributed by atoms with Gasteiger partial charge in [-0.05, 0) is 36.5 Å². The molecule has 6 nitrogen and oxygen atoms in total. The summed E-state index contributed by atoms with van der Waals surface area (Å²) >= 11 is 0. The lowest BCUT2D eigenvalue weighted by Crippen LogP contribution is -2.38. The maximum absolute atomic E-state index is 13.5. The minimum atomic E-state index is -0.297. The highest BCUT2D eigenvalue weighted by atomic mass is 16.2. The number of nitrogens with zero attached hydrogens (tertiary/aromatic N) is 3. The van der Waals surface area contributed by atoms with Crippen LogP contribution in [0.5, 0.6) is 0 Å². The van der Waals surface area contributed by atoms with Gasteiger partial charge in [0.15, 0.2) is 5.82 Å². The van der Waals surface area contributed by atoms with Crippen LogP contribution in [0.4, 0.5) is 0 Å². The molecule has 6 heteroatoms. The average Bonchev–Trinajstić information content (AvgIpc) is 3.30. The average molecular weight is 431 g/mol. The molecule has 0 saturated carbocycles. The van der Waals surface area contributed by atoms with Gasteiger partial charge in [0, 0.05) is 38.6 Å². The van der Waals surface area contributed by atoms with Crippen molar-refractivity contribution in [1.82, 2.24) is 19.8 Å². The molecule has 2 amide bonds. The second-order valence-electron chi connectivity index (χ2n) is 8.44. The van der Waals surface area contributed by atoms with E-state index in [1.807, 2.05) is 17.0 Å². The van der Waals surface area contributed by atoms with Crippen molar-refractivity contribution >= 4 is 11.8 Å². The lowest BCUT2D eigenvalue weighted by molar-refractivity contribution is -0.134. The number of rotatable bonds is 6. The zero-order valence-electron chi connectivity index (χ0n) is 18.8. The van der Waals surface area contributed by atoms with Crippen LogP contribution in [0.2, 0.25) is 0 Å². The number of aromatic amines is 1. The van der Waals surface area contributed by atoms with Crippen molar-refractivity contribution in [3.8, 4) is 11.1 Å². The number of benzene rings is 2. The molecule has 32 heavy (non-hydrogen) atoms. The summed E-state index contributed by atoms with van der Waals surface area (Å²) in [7, 11) is 0. The first-order valence-corrected chi connectivity index (χ1v) is 11.3. The number of carbonyl (C=O) groups excluding carboxylic acids is 2. The molecular formula is C26H30N4O2. The molecule has 1 aliphatic heterocycles. The van der Waals surface area contributed by atoms with Crippen molar-refractivity contribution in [2.45, 2.75) is 26.7 Å². The predicted octanol–water partition coefficient (Wildman–Crippen LogP) is 3.94. The van der Waals surface area contributed by atoms with E-state index in [0.717, 1.165) is 23.1 Å². The molecule has 0 aliphatic carbocycles. The Kier molecular flexibility index (Phi) is 6.69. The lowest BCUT2D eigenvalue weighted by Gasteiger charge is -2.24. The number of hydrogen-bond acceptors (Lipinski definition) is 3. The van der Waals surface area contributed by atoms with E-state index < -0.39 is 0 Å². The number of amides is 2. The maximum atomic E-state index is 13.5. The highest BCUT2D eigenvalue weighted by molar-refractivity contribution is 5.91. The highest BCUT2D eigenvalue weighted by Gasteiger charge is 2.33. The number of aryl methyl sites for hydroxylation is 1. The van der Waals surface area contributed by atoms with Gasteiger partial charge in [-0.1, -0.05) is 61.0 Å². The van der Waals surface area contributed by atoms with Crippen LogP contribution in [0.3, 0.4) is 0 Å². The molecule has 166 valence electrons. The number of H-pyrrole nitrogens is 1. The van der Waals surface area contributed by atoms with E-state index in [1.54, 1.807) is 17.3 Å². The first kappa shape index (κ1) is 21.8. The van der Waals surface area contributed by atoms with Gasteiger partial charge < -0.3 is 14.8 Å². The van der Waals surface area contributed by atoms with E-state index in [-0.39, 0.29) is 17.7 Å². The van der Waals surface area contributed by atoms with Crippen molar-refractivity contribution in [2.24, 2.45) is 5.92 Å². The van der Waals surface area contributed by atoms with Crippen molar-refractivity contribution in [3.63, 3.8) is 0 Å². The van der Waals surface area contributed by atoms with Gasteiger partial charge in [0.2, 0.25) is 5.91 Å². The molecule has 1 aromatic heterocycles. The van der Waals surface area contributed by atoms with Crippen molar-refractivity contribution in [3.05, 3.63) is 77.9 Å². The Hall–Kier alpha value is -3.41. The Morgan fingerprint density at radius 3 is 2.62 bits per heavy atom. The molecule has 0 radical (unpaired) electrons. The number of carbonyl (C=O) groups is 2. The molecule has 0 spiro atoms. The third-order valence-corrected chi connectivity index (χ3v) is 6.07. The summed E-state index contributed by atoms with van der Waals surface area (Å²) < 4.78 is 0. The predicted molar refractivity (Wildman–Crippen MR) is 125 cm³/mol. The van der Waals surface area contributed by atoms with E-state index in [1.165, 1.54) is 5.56 Å². The molecule has 1 fully saturated rings. The first-order chi connectivity index (χ1) is 15.6. The monoisotopic (exact) mass is 430 g/mol. The van der Waals surface area contributed by atoms with E-state index in [9.17, 15) is 9.59 Å². The lowest BCUT2D eigenvalue weighted by atomic mass is 9.91. The molecule has 2 aromatic carbocycles. The molecule has 0 bridgehead atoms. The Bertz CT molecular complexity index is 1060. The molecular weight excluding hydrogens is 400 g/mol. The standard InChI is InChI=1S/C26H30N4O2/c1-3-14-29-15-16-30(26(32)24-27-12-13-28-24)18-22(25(29)31)17-21-6-4-5-7-23(21)20-10-8-19(2)9-11-20/h4-13,22H,3,14-18H2,1-2H3,(H,27,28)/t22-/m1/s1. The summed E-state index contributed by atoms with van der Waals surface area (Å²) in [6.07, 6.45) is 4.71. The van der Waals surface area contributed by atoms with Gasteiger partial charge in [-0.25, -0.2) is 4.98 Å². The van der Waals surface area contributed by atoms with E-state index in [2.05, 4.69) is 60.2 Å². The van der Waals surface area contributed by atoms with Gasteiger partial charge in [0.05, 0.1) is 5.92 Å². The number of nitrogens with one attached hydrogen (secondary N) is 1. The second kappa shape index (κ2) is 9.81. The molecule has 1 saturated heterocycles. The Balaban J connectivity index is 1.63. The SMILES string of the molecule is CCCN1CCN(C(=O)c2ncc[nH]2)C[C@@H](Cc2ccccc2-c2ccc(C)cc2)C1=O. The first-order valence-electron chi connectivity index (χ1n) is 11.3. The summed E-state index contributed by atoms with van der Waals surface area (Å²) in [4.78, 5) is 37.2. The topological polar surface area (TPSA) is 69.3 Å². The normalized spacial score (nSPS) is 16.8.